The summed E-state index contributed by atoms with van der Waals surface area (Å²) in [7, 11) is 5.47. The van der Waals surface area contributed by atoms with Crippen LogP contribution in [0.2, 0.25) is 0 Å². The van der Waals surface area contributed by atoms with E-state index in [1.54, 1.807) is 14.2 Å². The van der Waals surface area contributed by atoms with Crippen LogP contribution in [0.25, 0.3) is 0 Å². The van der Waals surface area contributed by atoms with Crippen molar-refractivity contribution in [3.63, 3.8) is 0 Å². The van der Waals surface area contributed by atoms with Crippen LogP contribution >= 0.6 is 0 Å². The molecule has 1 saturated heterocycles. The van der Waals surface area contributed by atoms with Crippen LogP contribution in [0.15, 0.2) is 30.0 Å². The highest BCUT2D eigenvalue weighted by Crippen LogP contribution is 2.49. The van der Waals surface area contributed by atoms with E-state index in [2.05, 4.69) is 37.1 Å². The molecule has 0 aromatic heterocycles. The Balaban J connectivity index is 1.87. The maximum atomic E-state index is 12.0. The van der Waals surface area contributed by atoms with Gasteiger partial charge in [-0.25, -0.2) is 0 Å². The van der Waals surface area contributed by atoms with Crippen LogP contribution in [0.4, 0.5) is 0 Å². The van der Waals surface area contributed by atoms with Crippen molar-refractivity contribution in [2.75, 3.05) is 27.8 Å². The van der Waals surface area contributed by atoms with Crippen LogP contribution in [-0.2, 0) is 14.9 Å². The Morgan fingerprint density at radius 1 is 1.22 bits per heavy atom. The minimum Gasteiger partial charge on any atom is -0.493 e. The molecule has 0 radical (unpaired) electrons. The first-order valence-electron chi connectivity index (χ1n) is 9.88. The number of benzene rings is 1. The number of methoxy groups -OCH3 is 2. The number of carbonyl (C=O) groups is 1. The van der Waals surface area contributed by atoms with Crippen molar-refractivity contribution < 1.29 is 19.0 Å². The van der Waals surface area contributed by atoms with Crippen molar-refractivity contribution >= 4 is 5.97 Å². The van der Waals surface area contributed by atoms with Gasteiger partial charge in [-0.15, -0.1) is 0 Å². The van der Waals surface area contributed by atoms with Crippen LogP contribution in [0.1, 0.15) is 51.0 Å². The first-order chi connectivity index (χ1) is 13.0. The van der Waals surface area contributed by atoms with Crippen LogP contribution in [0.3, 0.4) is 0 Å². The molecule has 1 fully saturated rings. The second-order valence-corrected chi connectivity index (χ2v) is 7.61. The van der Waals surface area contributed by atoms with E-state index in [1.165, 1.54) is 5.56 Å². The molecule has 5 heteroatoms. The Kier molecular flexibility index (Phi) is 6.10. The van der Waals surface area contributed by atoms with Gasteiger partial charge in [-0.05, 0) is 56.6 Å². The molecule has 1 aromatic rings. The molecule has 0 saturated carbocycles. The zero-order valence-corrected chi connectivity index (χ0v) is 16.9. The summed E-state index contributed by atoms with van der Waals surface area (Å²) in [6.07, 6.45) is 7.37. The van der Waals surface area contributed by atoms with Gasteiger partial charge in [0.05, 0.1) is 14.2 Å². The number of carbonyl (C=O) groups excluding carboxylic acids is 1. The second-order valence-electron chi connectivity index (χ2n) is 7.61. The summed E-state index contributed by atoms with van der Waals surface area (Å²) in [4.78, 5) is 14.4. The molecule has 1 aliphatic heterocycles. The van der Waals surface area contributed by atoms with E-state index in [4.69, 9.17) is 14.2 Å². The number of hydrogen-bond donors (Lipinski definition) is 0. The van der Waals surface area contributed by atoms with Crippen LogP contribution in [0, 0.1) is 0 Å². The second kappa shape index (κ2) is 8.34. The molecule has 2 atom stereocenters. The summed E-state index contributed by atoms with van der Waals surface area (Å²) >= 11 is 0. The highest BCUT2D eigenvalue weighted by Gasteiger charge is 2.48. The fraction of sp³-hybridized carbons (Fsp3) is 0.591. The molecule has 5 nitrogen and oxygen atoms in total. The van der Waals surface area contributed by atoms with Crippen molar-refractivity contribution in [3.05, 3.63) is 35.6 Å². The van der Waals surface area contributed by atoms with Gasteiger partial charge in [-0.2, -0.15) is 0 Å². The number of unbranched alkanes of at least 4 members (excludes halogenated alkanes) is 1. The fourth-order valence-electron chi connectivity index (χ4n) is 4.46. The number of hydrogen-bond acceptors (Lipinski definition) is 5. The lowest BCUT2D eigenvalue weighted by Crippen LogP contribution is -2.42. The van der Waals surface area contributed by atoms with E-state index >= 15 is 0 Å². The third-order valence-electron chi connectivity index (χ3n) is 6.05. The molecule has 3 rings (SSSR count). The summed E-state index contributed by atoms with van der Waals surface area (Å²) in [6.45, 7) is 3.10. The smallest absolute Gasteiger partial charge is 0.310 e. The number of nitrogens with zero attached hydrogens (tertiary/aromatic N) is 1. The molecule has 148 valence electrons. The van der Waals surface area contributed by atoms with Gasteiger partial charge in [0, 0.05) is 24.3 Å². The maximum Gasteiger partial charge on any atom is 0.310 e. The summed E-state index contributed by atoms with van der Waals surface area (Å²) in [5.74, 6) is 2.23. The van der Waals surface area contributed by atoms with Gasteiger partial charge in [-0.3, -0.25) is 9.69 Å². The molecule has 1 aromatic carbocycles. The minimum absolute atomic E-state index is 0.0215. The normalized spacial score (nSPS) is 24.9. The van der Waals surface area contributed by atoms with Crippen LogP contribution < -0.4 is 9.47 Å². The lowest BCUT2D eigenvalue weighted by atomic mass is 9.68. The average molecular weight is 373 g/mol. The Hall–Kier alpha value is -2.01. The molecule has 0 N–H and O–H groups in total. The molecule has 0 spiro atoms. The lowest BCUT2D eigenvalue weighted by Gasteiger charge is -2.40. The van der Waals surface area contributed by atoms with Gasteiger partial charge in [0.15, 0.2) is 11.5 Å². The molecule has 27 heavy (non-hydrogen) atoms. The average Bonchev–Trinajstić information content (AvgIpc) is 3.03. The lowest BCUT2D eigenvalue weighted by molar-refractivity contribution is -0.140. The highest BCUT2D eigenvalue weighted by atomic mass is 16.5. The zero-order valence-electron chi connectivity index (χ0n) is 16.9. The standard InChI is InChI=1S/C22H31NO4/c1-5-6-7-21(24)27-17-10-11-22(12-13-23(2)20(22)15-17)16-8-9-18(25-3)19(14-16)26-4/h8-9,14-15,20H,5-7,10-13H2,1-4H3. The van der Waals surface area contributed by atoms with Crippen molar-refractivity contribution in [3.8, 4) is 11.5 Å². The van der Waals surface area contributed by atoms with Gasteiger partial charge < -0.3 is 14.2 Å². The highest BCUT2D eigenvalue weighted by molar-refractivity contribution is 5.70. The molecular weight excluding hydrogens is 342 g/mol. The predicted molar refractivity (Wildman–Crippen MR) is 105 cm³/mol. The number of likely N-dealkylation sites (N-methyl/N-ethyl adjacent to an activating group) is 1. The molecular formula is C22H31NO4. The summed E-state index contributed by atoms with van der Waals surface area (Å²) in [6, 6.07) is 6.47. The van der Waals surface area contributed by atoms with Crippen LogP contribution in [-0.4, -0.2) is 44.7 Å². The van der Waals surface area contributed by atoms with Crippen LogP contribution in [0.5, 0.6) is 11.5 Å². The van der Waals surface area contributed by atoms with Crippen molar-refractivity contribution in [1.29, 1.82) is 0 Å². The predicted octanol–water partition coefficient (Wildman–Crippen LogP) is 4.06. The quantitative estimate of drug-likeness (QED) is 0.675. The first kappa shape index (κ1) is 19.7. The summed E-state index contributed by atoms with van der Waals surface area (Å²) in [5, 5.41) is 0. The Morgan fingerprint density at radius 3 is 2.70 bits per heavy atom. The van der Waals surface area contributed by atoms with Crippen molar-refractivity contribution in [1.82, 2.24) is 4.90 Å². The van der Waals surface area contributed by atoms with Gasteiger partial charge in [0.25, 0.3) is 0 Å². The Bertz CT molecular complexity index is 714. The summed E-state index contributed by atoms with van der Waals surface area (Å²) in [5.41, 5.74) is 1.29. The van der Waals surface area contributed by atoms with E-state index in [-0.39, 0.29) is 17.4 Å². The minimum atomic E-state index is -0.109. The largest absolute Gasteiger partial charge is 0.493 e. The third kappa shape index (κ3) is 3.84. The van der Waals surface area contributed by atoms with E-state index in [0.29, 0.717) is 6.42 Å². The Morgan fingerprint density at radius 2 is 2.00 bits per heavy atom. The van der Waals surface area contributed by atoms with Gasteiger partial charge >= 0.3 is 5.97 Å². The van der Waals surface area contributed by atoms with Crippen molar-refractivity contribution in [2.45, 2.75) is 56.9 Å². The zero-order chi connectivity index (χ0) is 19.4. The van der Waals surface area contributed by atoms with E-state index in [9.17, 15) is 4.79 Å². The van der Waals surface area contributed by atoms with Crippen molar-refractivity contribution in [2.24, 2.45) is 0 Å². The molecule has 1 heterocycles. The molecule has 1 aliphatic carbocycles. The molecule has 0 amide bonds. The van der Waals surface area contributed by atoms with Gasteiger partial charge in [0.1, 0.15) is 5.76 Å². The van der Waals surface area contributed by atoms with E-state index in [0.717, 1.165) is 55.9 Å². The number of fused-ring (bicyclic) bond motifs is 1. The molecule has 2 aliphatic rings. The van der Waals surface area contributed by atoms with E-state index in [1.807, 2.05) is 6.07 Å². The maximum absolute atomic E-state index is 12.0. The number of esters is 1. The first-order valence-corrected chi connectivity index (χ1v) is 9.88. The molecule has 2 unspecified atom stereocenters. The number of likely N-dealkylation sites (tertiary alicyclic amines) is 1. The number of allylic oxidation sites excluding steroid dienone is 1. The SMILES string of the molecule is CCCCC(=O)OC1=CC2N(C)CCC2(c2ccc(OC)c(OC)c2)CC1. The van der Waals surface area contributed by atoms with Gasteiger partial charge in [0.2, 0.25) is 0 Å². The van der Waals surface area contributed by atoms with Gasteiger partial charge in [-0.1, -0.05) is 19.4 Å². The topological polar surface area (TPSA) is 48.0 Å². The molecule has 0 bridgehead atoms. The third-order valence-corrected chi connectivity index (χ3v) is 6.05. The fourth-order valence-corrected chi connectivity index (χ4v) is 4.46. The van der Waals surface area contributed by atoms with E-state index < -0.39 is 0 Å². The summed E-state index contributed by atoms with van der Waals surface area (Å²) < 4.78 is 16.6. The Labute approximate surface area is 162 Å². The number of rotatable bonds is 7. The number of ether oxygens (including phenoxy) is 3. The monoisotopic (exact) mass is 373 g/mol.